The van der Waals surface area contributed by atoms with Crippen LogP contribution in [0.1, 0.15) is 24.4 Å². The van der Waals surface area contributed by atoms with Crippen molar-refractivity contribution in [1.82, 2.24) is 15.2 Å². The largest absolute Gasteiger partial charge is 0.338 e. The molecule has 0 saturated heterocycles. The summed E-state index contributed by atoms with van der Waals surface area (Å²) in [5, 5.41) is 8.37. The number of benzene rings is 2. The van der Waals surface area contributed by atoms with E-state index in [-0.39, 0.29) is 11.5 Å². The van der Waals surface area contributed by atoms with Gasteiger partial charge in [0.2, 0.25) is 5.56 Å². The van der Waals surface area contributed by atoms with E-state index in [9.17, 15) is 14.4 Å². The maximum absolute atomic E-state index is 12.8. The minimum absolute atomic E-state index is 0.0386. The lowest BCUT2D eigenvalue weighted by atomic mass is 10.1. The zero-order valence-corrected chi connectivity index (χ0v) is 17.2. The Hall–Kier alpha value is -3.87. The Kier molecular flexibility index (Phi) is 7.99. The molecule has 1 aromatic heterocycles. The summed E-state index contributed by atoms with van der Waals surface area (Å²) in [4.78, 5) is 36.9. The third-order valence-electron chi connectivity index (χ3n) is 4.72. The molecule has 3 rings (SSSR count). The fourth-order valence-corrected chi connectivity index (χ4v) is 3.12. The molecule has 7 nitrogen and oxygen atoms in total. The van der Waals surface area contributed by atoms with Gasteiger partial charge in [-0.05, 0) is 36.6 Å². The number of unbranched alkanes of at least 4 members (excludes halogenated alkanes) is 1. The van der Waals surface area contributed by atoms with Crippen molar-refractivity contribution in [2.45, 2.75) is 25.4 Å². The molecule has 31 heavy (non-hydrogen) atoms. The Morgan fingerprint density at radius 3 is 2.23 bits per heavy atom. The van der Waals surface area contributed by atoms with Gasteiger partial charge >= 0.3 is 6.03 Å². The molecule has 3 amide bonds. The Balaban J connectivity index is 1.51. The van der Waals surface area contributed by atoms with Gasteiger partial charge in [-0.3, -0.25) is 9.59 Å². The minimum Gasteiger partial charge on any atom is -0.338 e. The van der Waals surface area contributed by atoms with Crippen LogP contribution < -0.4 is 21.5 Å². The van der Waals surface area contributed by atoms with Crippen LogP contribution in [-0.2, 0) is 11.3 Å². The van der Waals surface area contributed by atoms with Crippen molar-refractivity contribution in [3.8, 4) is 0 Å². The van der Waals surface area contributed by atoms with Gasteiger partial charge in [0.25, 0.3) is 5.91 Å². The summed E-state index contributed by atoms with van der Waals surface area (Å²) in [7, 11) is 0. The van der Waals surface area contributed by atoms with Crippen molar-refractivity contribution in [3.63, 3.8) is 0 Å². The number of nitrogens with zero attached hydrogens (tertiary/aromatic N) is 1. The third-order valence-corrected chi connectivity index (χ3v) is 4.72. The lowest BCUT2D eigenvalue weighted by Gasteiger charge is -2.19. The van der Waals surface area contributed by atoms with E-state index in [0.29, 0.717) is 30.8 Å². The minimum atomic E-state index is -0.829. The average molecular weight is 418 g/mol. The highest BCUT2D eigenvalue weighted by Gasteiger charge is 2.22. The number of urea groups is 1. The summed E-state index contributed by atoms with van der Waals surface area (Å²) in [5.41, 5.74) is 1.31. The van der Waals surface area contributed by atoms with Crippen LogP contribution in [0.25, 0.3) is 0 Å². The molecule has 0 saturated carbocycles. The predicted octanol–water partition coefficient (Wildman–Crippen LogP) is 3.31. The van der Waals surface area contributed by atoms with Crippen molar-refractivity contribution in [1.29, 1.82) is 0 Å². The third kappa shape index (κ3) is 6.85. The first-order valence-electron chi connectivity index (χ1n) is 10.2. The van der Waals surface area contributed by atoms with E-state index in [1.165, 1.54) is 6.07 Å². The average Bonchev–Trinajstić information content (AvgIpc) is 2.79. The lowest BCUT2D eigenvalue weighted by molar-refractivity contribution is -0.118. The smallest absolute Gasteiger partial charge is 0.315 e. The Labute approximate surface area is 181 Å². The molecule has 2 aromatic carbocycles. The molecule has 3 N–H and O–H groups in total. The second-order valence-corrected chi connectivity index (χ2v) is 7.04. The molecule has 160 valence electrons. The van der Waals surface area contributed by atoms with Crippen LogP contribution in [0.15, 0.2) is 89.9 Å². The van der Waals surface area contributed by atoms with E-state index in [0.717, 1.165) is 6.42 Å². The monoisotopic (exact) mass is 418 g/mol. The lowest BCUT2D eigenvalue weighted by Crippen LogP contribution is -2.43. The summed E-state index contributed by atoms with van der Waals surface area (Å²) in [6, 6.07) is 22.0. The summed E-state index contributed by atoms with van der Waals surface area (Å²) in [5.74, 6) is -0.323. The molecule has 0 aliphatic rings. The van der Waals surface area contributed by atoms with Gasteiger partial charge in [0.1, 0.15) is 6.04 Å². The van der Waals surface area contributed by atoms with Crippen LogP contribution in [0.2, 0.25) is 0 Å². The number of aromatic nitrogens is 1. The molecule has 1 heterocycles. The SMILES string of the molecule is O=C(NCCCCn1ccccc1=O)NC(C(=O)Nc1ccccc1)c1ccccc1. The summed E-state index contributed by atoms with van der Waals surface area (Å²) in [6.45, 7) is 1.03. The van der Waals surface area contributed by atoms with Crippen LogP contribution in [0.5, 0.6) is 0 Å². The highest BCUT2D eigenvalue weighted by atomic mass is 16.2. The number of para-hydroxylation sites is 1. The first kappa shape index (κ1) is 21.8. The topological polar surface area (TPSA) is 92.2 Å². The highest BCUT2D eigenvalue weighted by molar-refractivity contribution is 5.97. The second-order valence-electron chi connectivity index (χ2n) is 7.04. The highest BCUT2D eigenvalue weighted by Crippen LogP contribution is 2.16. The van der Waals surface area contributed by atoms with E-state index in [4.69, 9.17) is 0 Å². The number of pyridine rings is 1. The second kappa shape index (κ2) is 11.3. The molecule has 0 radical (unpaired) electrons. The van der Waals surface area contributed by atoms with Crippen LogP contribution in [0.3, 0.4) is 0 Å². The number of aryl methyl sites for hydroxylation is 1. The number of nitrogens with one attached hydrogen (secondary N) is 3. The van der Waals surface area contributed by atoms with Crippen LogP contribution in [0, 0.1) is 0 Å². The van der Waals surface area contributed by atoms with E-state index >= 15 is 0 Å². The van der Waals surface area contributed by atoms with Gasteiger partial charge in [-0.1, -0.05) is 54.6 Å². The predicted molar refractivity (Wildman–Crippen MR) is 121 cm³/mol. The van der Waals surface area contributed by atoms with Crippen molar-refractivity contribution in [3.05, 3.63) is 101 Å². The maximum atomic E-state index is 12.8. The first-order valence-corrected chi connectivity index (χ1v) is 10.2. The molecule has 1 atom stereocenters. The summed E-state index contributed by atoms with van der Waals surface area (Å²) in [6.07, 6.45) is 3.21. The number of hydrogen-bond donors (Lipinski definition) is 3. The van der Waals surface area contributed by atoms with Crippen LogP contribution in [0.4, 0.5) is 10.5 Å². The number of amides is 3. The zero-order valence-electron chi connectivity index (χ0n) is 17.2. The van der Waals surface area contributed by atoms with Crippen molar-refractivity contribution >= 4 is 17.6 Å². The molecular weight excluding hydrogens is 392 g/mol. The van der Waals surface area contributed by atoms with Gasteiger partial charge in [-0.25, -0.2) is 4.79 Å². The van der Waals surface area contributed by atoms with Gasteiger partial charge in [0, 0.05) is 31.0 Å². The maximum Gasteiger partial charge on any atom is 0.315 e. The summed E-state index contributed by atoms with van der Waals surface area (Å²) >= 11 is 0. The summed E-state index contributed by atoms with van der Waals surface area (Å²) < 4.78 is 1.64. The van der Waals surface area contributed by atoms with Crippen LogP contribution >= 0.6 is 0 Å². The molecule has 0 aliphatic carbocycles. The normalized spacial score (nSPS) is 11.4. The van der Waals surface area contributed by atoms with E-state index in [1.54, 1.807) is 41.1 Å². The number of carbonyl (C=O) groups excluding carboxylic acids is 2. The van der Waals surface area contributed by atoms with Gasteiger partial charge < -0.3 is 20.5 Å². The van der Waals surface area contributed by atoms with Crippen molar-refractivity contribution in [2.75, 3.05) is 11.9 Å². The fourth-order valence-electron chi connectivity index (χ4n) is 3.12. The van der Waals surface area contributed by atoms with Gasteiger partial charge in [-0.2, -0.15) is 0 Å². The van der Waals surface area contributed by atoms with Gasteiger partial charge in [-0.15, -0.1) is 0 Å². The standard InChI is InChI=1S/C24H26N4O3/c29-21-15-7-9-17-28(21)18-10-8-16-25-24(31)27-22(19-11-3-1-4-12-19)23(30)26-20-13-5-2-6-14-20/h1-7,9,11-15,17,22H,8,10,16,18H2,(H,26,30)(H2,25,27,31). The molecule has 1 unspecified atom stereocenters. The number of rotatable bonds is 9. The molecule has 3 aromatic rings. The van der Waals surface area contributed by atoms with Crippen molar-refractivity contribution in [2.24, 2.45) is 0 Å². The van der Waals surface area contributed by atoms with E-state index in [2.05, 4.69) is 16.0 Å². The quantitative estimate of drug-likeness (QED) is 0.466. The molecular formula is C24H26N4O3. The Morgan fingerprint density at radius 1 is 0.839 bits per heavy atom. The van der Waals surface area contributed by atoms with Gasteiger partial charge in [0.15, 0.2) is 0 Å². The number of hydrogen-bond acceptors (Lipinski definition) is 3. The molecule has 0 bridgehead atoms. The Bertz CT molecular complexity index is 1040. The van der Waals surface area contributed by atoms with Gasteiger partial charge in [0.05, 0.1) is 0 Å². The van der Waals surface area contributed by atoms with E-state index in [1.807, 2.05) is 42.5 Å². The number of carbonyl (C=O) groups is 2. The molecule has 0 spiro atoms. The van der Waals surface area contributed by atoms with Crippen LogP contribution in [-0.4, -0.2) is 23.1 Å². The molecule has 0 fully saturated rings. The van der Waals surface area contributed by atoms with Crippen molar-refractivity contribution < 1.29 is 9.59 Å². The van der Waals surface area contributed by atoms with E-state index < -0.39 is 12.1 Å². The zero-order chi connectivity index (χ0) is 21.9. The molecule has 0 aliphatic heterocycles. The fraction of sp³-hybridized carbons (Fsp3) is 0.208. The first-order chi connectivity index (χ1) is 15.1. The molecule has 7 heteroatoms. The number of anilines is 1. The Morgan fingerprint density at radius 2 is 1.52 bits per heavy atom.